The number of hydrogen-bond donors (Lipinski definition) is 2. The number of fused-ring (bicyclic) bond motifs is 1. The van der Waals surface area contributed by atoms with Crippen LogP contribution in [0.25, 0.3) is 10.8 Å². The number of carbonyl (C=O) groups is 2. The van der Waals surface area contributed by atoms with E-state index in [4.69, 9.17) is 10.2 Å². The lowest BCUT2D eigenvalue weighted by Crippen LogP contribution is -2.01. The van der Waals surface area contributed by atoms with Crippen LogP contribution in [-0.4, -0.2) is 22.2 Å². The summed E-state index contributed by atoms with van der Waals surface area (Å²) < 4.78 is 13.4. The first-order valence-corrected chi connectivity index (χ1v) is 4.69. The topological polar surface area (TPSA) is 74.6 Å². The van der Waals surface area contributed by atoms with Crippen LogP contribution in [0.5, 0.6) is 0 Å². The summed E-state index contributed by atoms with van der Waals surface area (Å²) in [6.07, 6.45) is 0. The quantitative estimate of drug-likeness (QED) is 0.836. The van der Waals surface area contributed by atoms with Crippen molar-refractivity contribution in [2.75, 3.05) is 0 Å². The highest BCUT2D eigenvalue weighted by molar-refractivity contribution is 5.98. The van der Waals surface area contributed by atoms with Gasteiger partial charge in [0, 0.05) is 0 Å². The fourth-order valence-electron chi connectivity index (χ4n) is 1.57. The monoisotopic (exact) mass is 234 g/mol. The molecule has 0 aliphatic rings. The summed E-state index contributed by atoms with van der Waals surface area (Å²) in [5.41, 5.74) is -0.402. The fraction of sp³-hybridized carbons (Fsp3) is 0. The lowest BCUT2D eigenvalue weighted by atomic mass is 10.0. The molecule has 0 saturated carbocycles. The zero-order chi connectivity index (χ0) is 12.6. The molecular formula is C12H7FO4. The van der Waals surface area contributed by atoms with Crippen LogP contribution in [0.2, 0.25) is 0 Å². The van der Waals surface area contributed by atoms with Gasteiger partial charge in [-0.15, -0.1) is 0 Å². The molecule has 0 fully saturated rings. The molecule has 0 spiro atoms. The Kier molecular flexibility index (Phi) is 2.51. The summed E-state index contributed by atoms with van der Waals surface area (Å²) >= 11 is 0. The second-order valence-corrected chi connectivity index (χ2v) is 3.50. The summed E-state index contributed by atoms with van der Waals surface area (Å²) in [6, 6.07) is 6.29. The van der Waals surface area contributed by atoms with Gasteiger partial charge in [-0.3, -0.25) is 0 Å². The van der Waals surface area contributed by atoms with Crippen LogP contribution in [0.3, 0.4) is 0 Å². The number of benzene rings is 2. The average molecular weight is 234 g/mol. The standard InChI is InChI=1S/C12H7FO4/c13-10-5-8-3-7(11(14)15)2-1-6(8)4-9(10)12(16)17/h1-5H,(H,14,15)(H,16,17). The molecule has 5 heteroatoms. The van der Waals surface area contributed by atoms with Crippen molar-refractivity contribution in [2.24, 2.45) is 0 Å². The van der Waals surface area contributed by atoms with Gasteiger partial charge < -0.3 is 10.2 Å². The Labute approximate surface area is 94.9 Å². The van der Waals surface area contributed by atoms with Crippen LogP contribution in [0.4, 0.5) is 4.39 Å². The zero-order valence-electron chi connectivity index (χ0n) is 8.48. The van der Waals surface area contributed by atoms with Gasteiger partial charge in [-0.05, 0) is 35.0 Å². The number of carboxylic acids is 2. The maximum Gasteiger partial charge on any atom is 0.338 e. The normalized spacial score (nSPS) is 10.4. The summed E-state index contributed by atoms with van der Waals surface area (Å²) in [7, 11) is 0. The SMILES string of the molecule is O=C(O)c1ccc2cc(C(=O)O)c(F)cc2c1. The number of aromatic carboxylic acids is 2. The first-order valence-electron chi connectivity index (χ1n) is 4.69. The van der Waals surface area contributed by atoms with Crippen LogP contribution in [0.1, 0.15) is 20.7 Å². The summed E-state index contributed by atoms with van der Waals surface area (Å²) in [6.45, 7) is 0. The molecule has 4 nitrogen and oxygen atoms in total. The molecule has 2 rings (SSSR count). The highest BCUT2D eigenvalue weighted by Gasteiger charge is 2.12. The Morgan fingerprint density at radius 1 is 0.941 bits per heavy atom. The van der Waals surface area contributed by atoms with E-state index >= 15 is 0 Å². The van der Waals surface area contributed by atoms with Crippen molar-refractivity contribution in [1.82, 2.24) is 0 Å². The van der Waals surface area contributed by atoms with E-state index in [1.165, 1.54) is 24.3 Å². The summed E-state index contributed by atoms with van der Waals surface area (Å²) in [5, 5.41) is 18.3. The minimum Gasteiger partial charge on any atom is -0.478 e. The van der Waals surface area contributed by atoms with Crippen LogP contribution >= 0.6 is 0 Å². The highest BCUT2D eigenvalue weighted by Crippen LogP contribution is 2.21. The minimum absolute atomic E-state index is 0.0278. The molecule has 0 aromatic heterocycles. The van der Waals surface area contributed by atoms with Gasteiger partial charge in [0.15, 0.2) is 0 Å². The van der Waals surface area contributed by atoms with Gasteiger partial charge in [-0.1, -0.05) is 6.07 Å². The molecule has 86 valence electrons. The number of rotatable bonds is 2. The van der Waals surface area contributed by atoms with Gasteiger partial charge >= 0.3 is 11.9 Å². The second kappa shape index (κ2) is 3.86. The van der Waals surface area contributed by atoms with Crippen LogP contribution < -0.4 is 0 Å². The van der Waals surface area contributed by atoms with Crippen molar-refractivity contribution in [2.45, 2.75) is 0 Å². The van der Waals surface area contributed by atoms with E-state index in [1.54, 1.807) is 0 Å². The maximum atomic E-state index is 13.4. The van der Waals surface area contributed by atoms with E-state index < -0.39 is 23.3 Å². The smallest absolute Gasteiger partial charge is 0.338 e. The molecule has 0 unspecified atom stereocenters. The molecule has 2 aromatic carbocycles. The first kappa shape index (κ1) is 11.1. The van der Waals surface area contributed by atoms with Gasteiger partial charge in [-0.25, -0.2) is 14.0 Å². The predicted octanol–water partition coefficient (Wildman–Crippen LogP) is 2.38. The fourth-order valence-corrected chi connectivity index (χ4v) is 1.57. The molecule has 0 atom stereocenters. The first-order chi connectivity index (χ1) is 7.99. The highest BCUT2D eigenvalue weighted by atomic mass is 19.1. The third kappa shape index (κ3) is 1.94. The van der Waals surface area contributed by atoms with Crippen molar-refractivity contribution in [3.05, 3.63) is 47.3 Å². The Morgan fingerprint density at radius 2 is 1.65 bits per heavy atom. The minimum atomic E-state index is -1.35. The van der Waals surface area contributed by atoms with E-state index in [9.17, 15) is 14.0 Å². The van der Waals surface area contributed by atoms with E-state index in [0.717, 1.165) is 6.07 Å². The van der Waals surface area contributed by atoms with Gasteiger partial charge in [0.2, 0.25) is 0 Å². The Balaban J connectivity index is 2.70. The van der Waals surface area contributed by atoms with Crippen molar-refractivity contribution in [3.63, 3.8) is 0 Å². The van der Waals surface area contributed by atoms with Gasteiger partial charge in [0.05, 0.1) is 11.1 Å². The molecule has 0 bridgehead atoms. The third-order valence-corrected chi connectivity index (χ3v) is 2.40. The lowest BCUT2D eigenvalue weighted by Gasteiger charge is -2.03. The van der Waals surface area contributed by atoms with Crippen LogP contribution in [0, 0.1) is 5.82 Å². The molecule has 0 aliphatic heterocycles. The van der Waals surface area contributed by atoms with Crippen molar-refractivity contribution in [3.8, 4) is 0 Å². The van der Waals surface area contributed by atoms with Crippen molar-refractivity contribution >= 4 is 22.7 Å². The predicted molar refractivity (Wildman–Crippen MR) is 57.8 cm³/mol. The van der Waals surface area contributed by atoms with Crippen LogP contribution in [0.15, 0.2) is 30.3 Å². The molecule has 0 heterocycles. The largest absolute Gasteiger partial charge is 0.478 e. The van der Waals surface area contributed by atoms with Gasteiger partial charge in [-0.2, -0.15) is 0 Å². The molecule has 0 aliphatic carbocycles. The summed E-state index contributed by atoms with van der Waals surface area (Å²) in [5.74, 6) is -3.35. The number of carboxylic acid groups (broad SMARTS) is 2. The maximum absolute atomic E-state index is 13.4. The van der Waals surface area contributed by atoms with E-state index in [1.807, 2.05) is 0 Å². The van der Waals surface area contributed by atoms with Gasteiger partial charge in [0.1, 0.15) is 5.82 Å². The molecule has 17 heavy (non-hydrogen) atoms. The lowest BCUT2D eigenvalue weighted by molar-refractivity contribution is 0.0683. The molecule has 2 aromatic rings. The summed E-state index contributed by atoms with van der Waals surface area (Å²) in [4.78, 5) is 21.4. The molecule has 0 amide bonds. The zero-order valence-corrected chi connectivity index (χ0v) is 8.48. The van der Waals surface area contributed by atoms with E-state index in [2.05, 4.69) is 0 Å². The molecule has 2 N–H and O–H groups in total. The Bertz CT molecular complexity index is 634. The van der Waals surface area contributed by atoms with E-state index in [-0.39, 0.29) is 5.56 Å². The average Bonchev–Trinajstić information content (AvgIpc) is 2.26. The third-order valence-electron chi connectivity index (χ3n) is 2.40. The van der Waals surface area contributed by atoms with Crippen LogP contribution in [-0.2, 0) is 0 Å². The molecule has 0 saturated heterocycles. The Morgan fingerprint density at radius 3 is 2.24 bits per heavy atom. The van der Waals surface area contributed by atoms with Crippen molar-refractivity contribution in [1.29, 1.82) is 0 Å². The van der Waals surface area contributed by atoms with Crippen molar-refractivity contribution < 1.29 is 24.2 Å². The molecular weight excluding hydrogens is 227 g/mol. The Hall–Kier alpha value is -2.43. The number of halogens is 1. The molecule has 0 radical (unpaired) electrons. The van der Waals surface area contributed by atoms with Gasteiger partial charge in [0.25, 0.3) is 0 Å². The second-order valence-electron chi connectivity index (χ2n) is 3.50. The number of hydrogen-bond acceptors (Lipinski definition) is 2. The van der Waals surface area contributed by atoms with E-state index in [0.29, 0.717) is 10.8 Å².